The van der Waals surface area contributed by atoms with Crippen LogP contribution in [0.3, 0.4) is 0 Å². The van der Waals surface area contributed by atoms with Gasteiger partial charge in [0.25, 0.3) is 11.6 Å². The van der Waals surface area contributed by atoms with Crippen molar-refractivity contribution in [3.8, 4) is 5.95 Å². The molecule has 0 N–H and O–H groups in total. The topological polar surface area (TPSA) is 91.8 Å². The van der Waals surface area contributed by atoms with E-state index in [1.54, 1.807) is 26.0 Å². The van der Waals surface area contributed by atoms with Crippen LogP contribution in [-0.2, 0) is 4.74 Å². The molecule has 0 bridgehead atoms. The summed E-state index contributed by atoms with van der Waals surface area (Å²) in [6, 6.07) is 6.44. The van der Waals surface area contributed by atoms with E-state index in [9.17, 15) is 14.9 Å². The van der Waals surface area contributed by atoms with Gasteiger partial charge in [-0.25, -0.2) is 0 Å². The molecule has 0 amide bonds. The number of allylic oxidation sites excluding steroid dienone is 6. The summed E-state index contributed by atoms with van der Waals surface area (Å²) in [4.78, 5) is 22.9. The molecule has 1 aromatic carbocycles. The summed E-state index contributed by atoms with van der Waals surface area (Å²) >= 11 is 3.61. The third kappa shape index (κ3) is 6.68. The second-order valence-corrected chi connectivity index (χ2v) is 9.41. The van der Waals surface area contributed by atoms with Crippen LogP contribution in [-0.4, -0.2) is 18.6 Å². The molecule has 0 saturated carbocycles. The molecule has 2 heterocycles. The Balaban J connectivity index is 1.71. The van der Waals surface area contributed by atoms with E-state index in [0.717, 1.165) is 26.8 Å². The zero-order valence-electron chi connectivity index (χ0n) is 20.4. The normalized spacial score (nSPS) is 18.3. The van der Waals surface area contributed by atoms with Gasteiger partial charge in [0.05, 0.1) is 24.2 Å². The molecule has 0 spiro atoms. The number of hydrogen-bond donors (Lipinski definition) is 0. The van der Waals surface area contributed by atoms with Crippen molar-refractivity contribution < 1.29 is 18.8 Å². The van der Waals surface area contributed by atoms with Gasteiger partial charge in [-0.05, 0) is 68.7 Å². The minimum Gasteiger partial charge on any atom is -0.468 e. The molecule has 3 rings (SSSR count). The average molecular weight is 542 g/mol. The minimum absolute atomic E-state index is 0.0726. The molecule has 7 nitrogen and oxygen atoms in total. The summed E-state index contributed by atoms with van der Waals surface area (Å²) in [6.45, 7) is 7.84. The van der Waals surface area contributed by atoms with Gasteiger partial charge in [0, 0.05) is 28.6 Å². The lowest BCUT2D eigenvalue weighted by Crippen LogP contribution is -2.15. The standard InChI is InChI=1S/C27H28BrNO6/c1-16(11-20-6-8-23(9-7-20)29(31)32)10-17(2)12-22(28)13-21-14-24(34-15-21)26-18(3)25(30)19(4)27(33-5)35-26/h6-13,24H,14-15H2,1-5H3/b16-11+,17-10+,21-13-,22-12+/t24-/m0/s1. The molecule has 1 fully saturated rings. The van der Waals surface area contributed by atoms with E-state index < -0.39 is 4.92 Å². The first-order valence-electron chi connectivity index (χ1n) is 11.1. The van der Waals surface area contributed by atoms with Crippen molar-refractivity contribution >= 4 is 27.7 Å². The fraction of sp³-hybridized carbons (Fsp3) is 0.296. The van der Waals surface area contributed by atoms with Crippen molar-refractivity contribution in [1.29, 1.82) is 0 Å². The monoisotopic (exact) mass is 541 g/mol. The Morgan fingerprint density at radius 1 is 1.14 bits per heavy atom. The lowest BCUT2D eigenvalue weighted by atomic mass is 10.0. The van der Waals surface area contributed by atoms with Crippen LogP contribution in [0.4, 0.5) is 5.69 Å². The van der Waals surface area contributed by atoms with E-state index >= 15 is 0 Å². The fourth-order valence-electron chi connectivity index (χ4n) is 3.93. The largest absolute Gasteiger partial charge is 0.468 e. The Hall–Kier alpha value is -3.23. The molecular formula is C27H28BrNO6. The Labute approximate surface area is 212 Å². The number of rotatable bonds is 7. The van der Waals surface area contributed by atoms with Crippen LogP contribution in [0.5, 0.6) is 5.95 Å². The predicted octanol–water partition coefficient (Wildman–Crippen LogP) is 6.89. The Morgan fingerprint density at radius 2 is 1.83 bits per heavy atom. The van der Waals surface area contributed by atoms with Gasteiger partial charge in [-0.3, -0.25) is 14.9 Å². The lowest BCUT2D eigenvalue weighted by Gasteiger charge is -2.13. The number of hydrogen-bond acceptors (Lipinski definition) is 6. The summed E-state index contributed by atoms with van der Waals surface area (Å²) in [5.74, 6) is 0.722. The summed E-state index contributed by atoms with van der Waals surface area (Å²) in [6.07, 6.45) is 8.30. The maximum atomic E-state index is 12.5. The van der Waals surface area contributed by atoms with Crippen molar-refractivity contribution in [3.63, 3.8) is 0 Å². The molecule has 0 radical (unpaired) electrons. The van der Waals surface area contributed by atoms with Crippen molar-refractivity contribution in [1.82, 2.24) is 0 Å². The highest BCUT2D eigenvalue weighted by atomic mass is 79.9. The fourth-order valence-corrected chi connectivity index (χ4v) is 4.61. The molecule has 1 atom stereocenters. The van der Waals surface area contributed by atoms with Crippen LogP contribution in [0, 0.1) is 24.0 Å². The Kier molecular flexibility index (Phi) is 8.64. The first kappa shape index (κ1) is 26.4. The highest BCUT2D eigenvalue weighted by Crippen LogP contribution is 2.36. The van der Waals surface area contributed by atoms with E-state index in [-0.39, 0.29) is 23.2 Å². The number of halogens is 1. The molecule has 2 aromatic rings. The van der Waals surface area contributed by atoms with Gasteiger partial charge in [0.2, 0.25) is 0 Å². The number of nitro benzene ring substituents is 1. The number of benzene rings is 1. The lowest BCUT2D eigenvalue weighted by molar-refractivity contribution is -0.384. The minimum atomic E-state index is -0.409. The predicted molar refractivity (Wildman–Crippen MR) is 140 cm³/mol. The van der Waals surface area contributed by atoms with Gasteiger partial charge < -0.3 is 13.9 Å². The van der Waals surface area contributed by atoms with E-state index in [4.69, 9.17) is 13.9 Å². The van der Waals surface area contributed by atoms with Gasteiger partial charge in [0.1, 0.15) is 11.9 Å². The zero-order chi connectivity index (χ0) is 25.7. The van der Waals surface area contributed by atoms with Crippen LogP contribution >= 0.6 is 15.9 Å². The number of nitrogens with zero attached hydrogens (tertiary/aromatic N) is 1. The molecule has 0 unspecified atom stereocenters. The smallest absolute Gasteiger partial charge is 0.291 e. The highest BCUT2D eigenvalue weighted by molar-refractivity contribution is 9.11. The molecule has 1 saturated heterocycles. The molecule has 0 aliphatic carbocycles. The molecule has 1 aliphatic heterocycles. The molecular weight excluding hydrogens is 514 g/mol. The summed E-state index contributed by atoms with van der Waals surface area (Å²) in [5, 5.41) is 10.8. The maximum absolute atomic E-state index is 12.5. The molecule has 1 aliphatic rings. The molecule has 35 heavy (non-hydrogen) atoms. The van der Waals surface area contributed by atoms with Gasteiger partial charge in [-0.15, -0.1) is 0 Å². The van der Waals surface area contributed by atoms with Crippen LogP contribution in [0.15, 0.2) is 72.9 Å². The van der Waals surface area contributed by atoms with Gasteiger partial charge in [-0.2, -0.15) is 0 Å². The van der Waals surface area contributed by atoms with Crippen molar-refractivity contribution in [2.24, 2.45) is 0 Å². The quantitative estimate of drug-likeness (QED) is 0.215. The molecule has 1 aromatic heterocycles. The second-order valence-electron chi connectivity index (χ2n) is 8.50. The first-order valence-corrected chi connectivity index (χ1v) is 11.9. The maximum Gasteiger partial charge on any atom is 0.291 e. The third-order valence-electron chi connectivity index (χ3n) is 5.62. The third-order valence-corrected chi connectivity index (χ3v) is 6.07. The average Bonchev–Trinajstić information content (AvgIpc) is 3.25. The number of non-ortho nitro benzene ring substituents is 1. The summed E-state index contributed by atoms with van der Waals surface area (Å²) in [5.41, 5.74) is 4.99. The van der Waals surface area contributed by atoms with Crippen LogP contribution in [0.2, 0.25) is 0 Å². The summed E-state index contributed by atoms with van der Waals surface area (Å²) < 4.78 is 17.9. The number of methoxy groups -OCH3 is 1. The zero-order valence-corrected chi connectivity index (χ0v) is 22.0. The van der Waals surface area contributed by atoms with Crippen molar-refractivity contribution in [2.75, 3.05) is 13.7 Å². The Bertz CT molecular complexity index is 1300. The molecule has 184 valence electrons. The summed E-state index contributed by atoms with van der Waals surface area (Å²) in [7, 11) is 1.48. The Morgan fingerprint density at radius 3 is 2.46 bits per heavy atom. The van der Waals surface area contributed by atoms with E-state index in [1.165, 1.54) is 19.2 Å². The van der Waals surface area contributed by atoms with Crippen molar-refractivity contribution in [2.45, 2.75) is 40.2 Å². The van der Waals surface area contributed by atoms with Crippen LogP contribution in [0.1, 0.15) is 48.8 Å². The SMILES string of the molecule is COc1oc([C@@H]2C/C(=C/C(Br)=C\C(C)=C\C(C)=C\c3ccc([N+](=O)[O-])cc3)CO2)c(C)c(=O)c1C. The second kappa shape index (κ2) is 11.5. The number of ether oxygens (including phenoxy) is 2. The first-order chi connectivity index (χ1) is 16.6. The van der Waals surface area contributed by atoms with E-state index in [1.807, 2.05) is 38.2 Å². The van der Waals surface area contributed by atoms with Gasteiger partial charge >= 0.3 is 0 Å². The van der Waals surface area contributed by atoms with Crippen LogP contribution in [0.25, 0.3) is 6.08 Å². The highest BCUT2D eigenvalue weighted by Gasteiger charge is 2.28. The number of nitro groups is 1. The van der Waals surface area contributed by atoms with Crippen LogP contribution < -0.4 is 10.2 Å². The van der Waals surface area contributed by atoms with E-state index in [2.05, 4.69) is 15.9 Å². The van der Waals surface area contributed by atoms with Gasteiger partial charge in [0.15, 0.2) is 5.43 Å². The van der Waals surface area contributed by atoms with E-state index in [0.29, 0.717) is 29.9 Å². The van der Waals surface area contributed by atoms with Gasteiger partial charge in [-0.1, -0.05) is 33.7 Å². The molecule has 8 heteroatoms. The van der Waals surface area contributed by atoms with Crippen molar-refractivity contribution in [3.05, 3.63) is 106 Å².